The molecule has 14 nitrogen and oxygen atoms in total. The number of fused-ring (bicyclic) bond motifs is 1. The predicted octanol–water partition coefficient (Wildman–Crippen LogP) is 5.14. The summed E-state index contributed by atoms with van der Waals surface area (Å²) in [7, 11) is 2.08. The molecule has 1 aromatic heterocycles. The highest BCUT2D eigenvalue weighted by atomic mass is 19.3. The maximum absolute atomic E-state index is 13.7. The van der Waals surface area contributed by atoms with Crippen LogP contribution >= 0.6 is 0 Å². The van der Waals surface area contributed by atoms with Crippen LogP contribution in [0, 0.1) is 5.92 Å². The Labute approximate surface area is 301 Å². The number of halogens is 2. The van der Waals surface area contributed by atoms with Gasteiger partial charge in [-0.1, -0.05) is 6.07 Å². The fourth-order valence-electron chi connectivity index (χ4n) is 6.99. The van der Waals surface area contributed by atoms with Gasteiger partial charge in [-0.2, -0.15) is 5.10 Å². The van der Waals surface area contributed by atoms with Gasteiger partial charge in [0.05, 0.1) is 22.9 Å². The van der Waals surface area contributed by atoms with Gasteiger partial charge in [-0.15, -0.1) is 0 Å². The van der Waals surface area contributed by atoms with Crippen LogP contribution in [0.15, 0.2) is 24.4 Å². The molecule has 3 N–H and O–H groups in total. The zero-order chi connectivity index (χ0) is 37.6. The molecule has 1 saturated heterocycles. The fraction of sp³-hybridized carbons (Fsp3) is 0.611. The van der Waals surface area contributed by atoms with E-state index in [0.717, 1.165) is 50.1 Å². The maximum Gasteiger partial charge on any atom is 0.412 e. The fourth-order valence-corrected chi connectivity index (χ4v) is 6.99. The molecule has 16 heteroatoms. The number of hydrogen-bond acceptors (Lipinski definition) is 10. The van der Waals surface area contributed by atoms with Gasteiger partial charge in [0, 0.05) is 51.2 Å². The second-order valence-corrected chi connectivity index (χ2v) is 14.7. The molecule has 1 aromatic carbocycles. The standard InChI is InChI=1S/C36H49F2N7O7/c1-36(2,3)52-35(50)40-26-21-44(42-30(26)31(37)38)23-12-10-22(11-13-23)20-43(4)17-7-19-51-18-6-16-39-25-9-5-8-24-29(25)34(49)45(33(24)48)27-14-15-28(46)41-32(27)47/h5,8-9,21-23,27,31,39H,6-7,10-20H2,1-4H3,(H,40,50)(H,41,46,47). The summed E-state index contributed by atoms with van der Waals surface area (Å²) < 4.78 is 40.0. The van der Waals surface area contributed by atoms with Gasteiger partial charge in [-0.05, 0) is 90.8 Å². The Morgan fingerprint density at radius 2 is 1.77 bits per heavy atom. The van der Waals surface area contributed by atoms with Crippen molar-refractivity contribution in [2.45, 2.75) is 96.2 Å². The largest absolute Gasteiger partial charge is 0.444 e. The number of ether oxygens (including phenoxy) is 2. The number of rotatable bonds is 15. The van der Waals surface area contributed by atoms with E-state index in [4.69, 9.17) is 9.47 Å². The average Bonchev–Trinajstić information content (AvgIpc) is 3.60. The Morgan fingerprint density at radius 3 is 2.46 bits per heavy atom. The molecule has 1 aliphatic carbocycles. The summed E-state index contributed by atoms with van der Waals surface area (Å²) in [6.07, 6.45) is 3.06. The lowest BCUT2D eigenvalue weighted by molar-refractivity contribution is -0.136. The molecular formula is C36H49F2N7O7. The minimum absolute atomic E-state index is 0.0190. The van der Waals surface area contributed by atoms with Gasteiger partial charge in [0.15, 0.2) is 5.69 Å². The molecule has 1 unspecified atom stereocenters. The summed E-state index contributed by atoms with van der Waals surface area (Å²) in [4.78, 5) is 65.6. The number of carbonyl (C=O) groups excluding carboxylic acids is 5. The Bertz CT molecular complexity index is 1630. The van der Waals surface area contributed by atoms with Crippen molar-refractivity contribution in [1.29, 1.82) is 0 Å². The van der Waals surface area contributed by atoms with Gasteiger partial charge >= 0.3 is 6.09 Å². The quantitative estimate of drug-likeness (QED) is 0.165. The molecule has 2 fully saturated rings. The van der Waals surface area contributed by atoms with Crippen LogP contribution in [0.1, 0.15) is 111 Å². The van der Waals surface area contributed by atoms with Gasteiger partial charge in [-0.25, -0.2) is 13.6 Å². The van der Waals surface area contributed by atoms with E-state index in [1.165, 1.54) is 6.20 Å². The Kier molecular flexibility index (Phi) is 12.6. The molecule has 1 saturated carbocycles. The third kappa shape index (κ3) is 9.70. The maximum atomic E-state index is 13.7. The van der Waals surface area contributed by atoms with E-state index in [9.17, 15) is 32.8 Å². The monoisotopic (exact) mass is 729 g/mol. The van der Waals surface area contributed by atoms with Gasteiger partial charge in [0.1, 0.15) is 11.6 Å². The van der Waals surface area contributed by atoms with E-state index >= 15 is 0 Å². The molecule has 3 heterocycles. The molecule has 0 spiro atoms. The van der Waals surface area contributed by atoms with E-state index in [0.29, 0.717) is 37.8 Å². The number of hydrogen-bond donors (Lipinski definition) is 3. The van der Waals surface area contributed by atoms with Gasteiger partial charge in [0.2, 0.25) is 11.8 Å². The van der Waals surface area contributed by atoms with Crippen molar-refractivity contribution in [2.24, 2.45) is 5.92 Å². The van der Waals surface area contributed by atoms with Crippen LogP contribution in [-0.4, -0.2) is 101 Å². The van der Waals surface area contributed by atoms with Crippen molar-refractivity contribution in [3.8, 4) is 0 Å². The van der Waals surface area contributed by atoms with Gasteiger partial charge in [-0.3, -0.25) is 39.4 Å². The SMILES string of the molecule is CN(CCCOCCCNc1cccc2c1C(=O)N(C1CCC(=O)NC1=O)C2=O)CC1CCC(n2cc(NC(=O)OC(C)(C)C)c(C(F)F)n2)CC1. The summed E-state index contributed by atoms with van der Waals surface area (Å²) in [5.74, 6) is -1.66. The highest BCUT2D eigenvalue weighted by molar-refractivity contribution is 6.25. The number of alkyl halides is 2. The topological polar surface area (TPSA) is 164 Å². The number of imide groups is 2. The molecule has 52 heavy (non-hydrogen) atoms. The number of piperidine rings is 1. The first-order chi connectivity index (χ1) is 24.7. The summed E-state index contributed by atoms with van der Waals surface area (Å²) in [6, 6.07) is 3.95. The molecule has 1 atom stereocenters. The molecule has 284 valence electrons. The number of amides is 5. The second kappa shape index (κ2) is 16.9. The van der Waals surface area contributed by atoms with Crippen LogP contribution in [0.5, 0.6) is 0 Å². The first-order valence-electron chi connectivity index (χ1n) is 17.9. The highest BCUT2D eigenvalue weighted by Crippen LogP contribution is 2.36. The number of nitrogens with one attached hydrogen (secondary N) is 3. The lowest BCUT2D eigenvalue weighted by Gasteiger charge is -2.31. The lowest BCUT2D eigenvalue weighted by atomic mass is 9.86. The Morgan fingerprint density at radius 1 is 1.04 bits per heavy atom. The van der Waals surface area contributed by atoms with Crippen LogP contribution in [0.2, 0.25) is 0 Å². The van der Waals surface area contributed by atoms with E-state index in [-0.39, 0.29) is 35.7 Å². The summed E-state index contributed by atoms with van der Waals surface area (Å²) in [5.41, 5.74) is -0.256. The lowest BCUT2D eigenvalue weighted by Crippen LogP contribution is -2.54. The van der Waals surface area contributed by atoms with Crippen molar-refractivity contribution in [3.05, 3.63) is 41.2 Å². The molecule has 2 aliphatic heterocycles. The number of nitrogens with zero attached hydrogens (tertiary/aromatic N) is 4. The van der Waals surface area contributed by atoms with Crippen LogP contribution in [-0.2, 0) is 19.1 Å². The van der Waals surface area contributed by atoms with Crippen molar-refractivity contribution < 1.29 is 42.2 Å². The average molecular weight is 730 g/mol. The molecule has 0 radical (unpaired) electrons. The van der Waals surface area contributed by atoms with Crippen molar-refractivity contribution in [1.82, 2.24) is 24.9 Å². The third-order valence-corrected chi connectivity index (χ3v) is 9.44. The minimum atomic E-state index is -2.83. The predicted molar refractivity (Wildman–Crippen MR) is 187 cm³/mol. The van der Waals surface area contributed by atoms with Crippen molar-refractivity contribution in [2.75, 3.05) is 50.5 Å². The number of benzene rings is 1. The second-order valence-electron chi connectivity index (χ2n) is 14.7. The molecule has 2 aromatic rings. The zero-order valence-electron chi connectivity index (χ0n) is 30.2. The van der Waals surface area contributed by atoms with Crippen molar-refractivity contribution in [3.63, 3.8) is 0 Å². The first-order valence-corrected chi connectivity index (χ1v) is 17.9. The van der Waals surface area contributed by atoms with Gasteiger partial charge < -0.3 is 19.7 Å². The summed E-state index contributed by atoms with van der Waals surface area (Å²) >= 11 is 0. The molecule has 0 bridgehead atoms. The number of aromatic nitrogens is 2. The summed E-state index contributed by atoms with van der Waals surface area (Å²) in [6.45, 7) is 8.52. The van der Waals surface area contributed by atoms with Crippen LogP contribution in [0.25, 0.3) is 0 Å². The number of carbonyl (C=O) groups is 5. The van der Waals surface area contributed by atoms with Crippen LogP contribution in [0.3, 0.4) is 0 Å². The van der Waals surface area contributed by atoms with E-state index in [2.05, 4.69) is 33.0 Å². The number of anilines is 2. The Hall–Kier alpha value is -4.44. The smallest absolute Gasteiger partial charge is 0.412 e. The van der Waals surface area contributed by atoms with Crippen LogP contribution < -0.4 is 16.0 Å². The minimum Gasteiger partial charge on any atom is -0.444 e. The Balaban J connectivity index is 0.968. The molecular weight excluding hydrogens is 680 g/mol. The van der Waals surface area contributed by atoms with Crippen molar-refractivity contribution >= 4 is 41.1 Å². The zero-order valence-corrected chi connectivity index (χ0v) is 30.2. The van der Waals surface area contributed by atoms with E-state index in [1.807, 2.05) is 0 Å². The normalized spacial score (nSPS) is 20.8. The van der Waals surface area contributed by atoms with E-state index < -0.39 is 53.5 Å². The van der Waals surface area contributed by atoms with Crippen LogP contribution in [0.4, 0.5) is 25.0 Å². The molecule has 3 aliphatic rings. The van der Waals surface area contributed by atoms with E-state index in [1.54, 1.807) is 43.7 Å². The molecule has 5 amide bonds. The summed E-state index contributed by atoms with van der Waals surface area (Å²) in [5, 5.41) is 12.0. The highest BCUT2D eigenvalue weighted by Gasteiger charge is 2.45. The third-order valence-electron chi connectivity index (χ3n) is 9.44. The van der Waals surface area contributed by atoms with Gasteiger partial charge in [0.25, 0.3) is 18.2 Å². The molecule has 5 rings (SSSR count). The first kappa shape index (κ1) is 38.8.